The van der Waals surface area contributed by atoms with Crippen LogP contribution in [0, 0.1) is 0 Å². The third kappa shape index (κ3) is 5.03. The van der Waals surface area contributed by atoms with Crippen molar-refractivity contribution in [3.05, 3.63) is 53.1 Å². The molecule has 0 spiro atoms. The summed E-state index contributed by atoms with van der Waals surface area (Å²) >= 11 is 5.82. The maximum Gasteiger partial charge on any atom is 0.416 e. The van der Waals surface area contributed by atoms with Gasteiger partial charge in [0.05, 0.1) is 10.6 Å². The van der Waals surface area contributed by atoms with Gasteiger partial charge in [-0.15, -0.1) is 0 Å². The monoisotopic (exact) mass is 374 g/mol. The lowest BCUT2D eigenvalue weighted by Crippen LogP contribution is -2.25. The molecule has 2 aromatic carbocycles. The molecule has 1 N–H and O–H groups in total. The summed E-state index contributed by atoms with van der Waals surface area (Å²) in [5.74, 6) is -0.350. The number of carbonyl (C=O) groups is 1. The third-order valence-electron chi connectivity index (χ3n) is 3.24. The van der Waals surface area contributed by atoms with E-state index in [0.717, 1.165) is 18.2 Å². The normalized spacial score (nSPS) is 12.5. The molecule has 1 atom stereocenters. The van der Waals surface area contributed by atoms with E-state index in [-0.39, 0.29) is 10.8 Å². The Morgan fingerprint density at radius 2 is 1.76 bits per heavy atom. The predicted octanol–water partition coefficient (Wildman–Crippen LogP) is 5.39. The van der Waals surface area contributed by atoms with Crippen molar-refractivity contribution in [2.45, 2.75) is 25.6 Å². The number of carboxylic acid groups (broad SMARTS) is 1. The van der Waals surface area contributed by atoms with Crippen LogP contribution in [0.5, 0.6) is 17.2 Å². The molecular weight excluding hydrogens is 361 g/mol. The van der Waals surface area contributed by atoms with E-state index in [4.69, 9.17) is 26.2 Å². The molecule has 0 radical (unpaired) electrons. The van der Waals surface area contributed by atoms with Crippen LogP contribution in [0.1, 0.15) is 18.9 Å². The van der Waals surface area contributed by atoms with Gasteiger partial charge in [-0.05, 0) is 48.9 Å². The van der Waals surface area contributed by atoms with Crippen LogP contribution in [0.3, 0.4) is 0 Å². The van der Waals surface area contributed by atoms with Crippen LogP contribution < -0.4 is 9.47 Å². The first-order valence-electron chi connectivity index (χ1n) is 7.25. The van der Waals surface area contributed by atoms with Gasteiger partial charge in [-0.25, -0.2) is 4.79 Å². The molecule has 2 rings (SSSR count). The van der Waals surface area contributed by atoms with E-state index in [1.807, 2.05) is 0 Å². The molecule has 8 heteroatoms. The highest BCUT2D eigenvalue weighted by Gasteiger charge is 2.31. The van der Waals surface area contributed by atoms with E-state index >= 15 is 0 Å². The molecule has 25 heavy (non-hydrogen) atoms. The highest BCUT2D eigenvalue weighted by molar-refractivity contribution is 6.32. The van der Waals surface area contributed by atoms with Gasteiger partial charge in [-0.1, -0.05) is 18.5 Å². The summed E-state index contributed by atoms with van der Waals surface area (Å²) in [6.45, 7) is 1.68. The van der Waals surface area contributed by atoms with Crippen LogP contribution >= 0.6 is 11.6 Å². The topological polar surface area (TPSA) is 55.8 Å². The quantitative estimate of drug-likeness (QED) is 0.736. The van der Waals surface area contributed by atoms with Gasteiger partial charge in [0, 0.05) is 0 Å². The molecule has 0 aliphatic heterocycles. The van der Waals surface area contributed by atoms with Crippen molar-refractivity contribution in [1.82, 2.24) is 0 Å². The van der Waals surface area contributed by atoms with E-state index in [0.29, 0.717) is 17.9 Å². The third-order valence-corrected chi connectivity index (χ3v) is 3.53. The minimum atomic E-state index is -4.49. The van der Waals surface area contributed by atoms with E-state index < -0.39 is 23.8 Å². The summed E-state index contributed by atoms with van der Waals surface area (Å²) in [6.07, 6.45) is -5.15. The zero-order chi connectivity index (χ0) is 18.6. The van der Waals surface area contributed by atoms with Gasteiger partial charge in [-0.2, -0.15) is 13.2 Å². The Balaban J connectivity index is 2.10. The second-order valence-electron chi connectivity index (χ2n) is 5.07. The summed E-state index contributed by atoms with van der Waals surface area (Å²) in [6, 6.07) is 8.78. The maximum atomic E-state index is 12.6. The molecule has 0 saturated carbocycles. The number of halogens is 4. The first kappa shape index (κ1) is 18.9. The molecule has 0 aromatic heterocycles. The van der Waals surface area contributed by atoms with Crippen LogP contribution in [-0.2, 0) is 11.0 Å². The molecule has 0 fully saturated rings. The van der Waals surface area contributed by atoms with Crippen molar-refractivity contribution < 1.29 is 32.5 Å². The van der Waals surface area contributed by atoms with Gasteiger partial charge in [0.15, 0.2) is 6.10 Å². The number of hydrogen-bond donors (Lipinski definition) is 1. The van der Waals surface area contributed by atoms with Gasteiger partial charge < -0.3 is 14.6 Å². The Morgan fingerprint density at radius 3 is 2.24 bits per heavy atom. The van der Waals surface area contributed by atoms with Crippen molar-refractivity contribution in [2.24, 2.45) is 0 Å². The van der Waals surface area contributed by atoms with Crippen LogP contribution in [0.2, 0.25) is 5.02 Å². The van der Waals surface area contributed by atoms with Crippen molar-refractivity contribution >= 4 is 17.6 Å². The van der Waals surface area contributed by atoms with Crippen molar-refractivity contribution in [3.8, 4) is 17.2 Å². The zero-order valence-corrected chi connectivity index (χ0v) is 13.8. The molecule has 0 saturated heterocycles. The SMILES string of the molecule is CCC(Oc1ccc(Oc2ccc(C(F)(F)F)cc2Cl)cc1)C(=O)O. The predicted molar refractivity (Wildman–Crippen MR) is 85.3 cm³/mol. The van der Waals surface area contributed by atoms with Crippen LogP contribution in [0.15, 0.2) is 42.5 Å². The smallest absolute Gasteiger partial charge is 0.416 e. The molecule has 2 aromatic rings. The molecule has 1 unspecified atom stereocenters. The van der Waals surface area contributed by atoms with Gasteiger partial charge in [-0.3, -0.25) is 0 Å². The largest absolute Gasteiger partial charge is 0.479 e. The Bertz CT molecular complexity index is 745. The van der Waals surface area contributed by atoms with E-state index in [1.165, 1.54) is 24.3 Å². The Kier molecular flexibility index (Phi) is 5.79. The Morgan fingerprint density at radius 1 is 1.16 bits per heavy atom. The first-order chi connectivity index (χ1) is 11.7. The Hall–Kier alpha value is -2.41. The van der Waals surface area contributed by atoms with Crippen molar-refractivity contribution in [3.63, 3.8) is 0 Å². The molecular formula is C17H14ClF3O4. The van der Waals surface area contributed by atoms with E-state index in [9.17, 15) is 18.0 Å². The van der Waals surface area contributed by atoms with Gasteiger partial charge in [0.1, 0.15) is 17.2 Å². The Labute approximate surface area is 146 Å². The average Bonchev–Trinajstić information content (AvgIpc) is 2.54. The van der Waals surface area contributed by atoms with Crippen LogP contribution in [0.4, 0.5) is 13.2 Å². The lowest BCUT2D eigenvalue weighted by Gasteiger charge is -2.14. The second kappa shape index (κ2) is 7.65. The average molecular weight is 375 g/mol. The lowest BCUT2D eigenvalue weighted by atomic mass is 10.2. The molecule has 0 aliphatic carbocycles. The molecule has 4 nitrogen and oxygen atoms in total. The van der Waals surface area contributed by atoms with Gasteiger partial charge in [0.25, 0.3) is 0 Å². The molecule has 0 aliphatic rings. The second-order valence-corrected chi connectivity index (χ2v) is 5.48. The fourth-order valence-electron chi connectivity index (χ4n) is 1.95. The first-order valence-corrected chi connectivity index (χ1v) is 7.62. The summed E-state index contributed by atoms with van der Waals surface area (Å²) in [7, 11) is 0. The molecule has 0 bridgehead atoms. The van der Waals surface area contributed by atoms with Crippen molar-refractivity contribution in [2.75, 3.05) is 0 Å². The van der Waals surface area contributed by atoms with E-state index in [2.05, 4.69) is 0 Å². The zero-order valence-electron chi connectivity index (χ0n) is 13.0. The fraction of sp³-hybridized carbons (Fsp3) is 0.235. The lowest BCUT2D eigenvalue weighted by molar-refractivity contribution is -0.145. The number of benzene rings is 2. The molecule has 0 heterocycles. The van der Waals surface area contributed by atoms with Gasteiger partial charge >= 0.3 is 12.1 Å². The standard InChI is InChI=1S/C17H14ClF3O4/c1-2-14(16(22)23)24-11-4-6-12(7-5-11)25-15-8-3-10(9-13(15)18)17(19,20)21/h3-9,14H,2H2,1H3,(H,22,23). The summed E-state index contributed by atoms with van der Waals surface area (Å²) in [5, 5.41) is 8.78. The number of aliphatic carboxylic acids is 1. The molecule has 0 amide bonds. The summed E-state index contributed by atoms with van der Waals surface area (Å²) < 4.78 is 48.6. The number of carboxylic acids is 1. The van der Waals surface area contributed by atoms with Crippen LogP contribution in [0.25, 0.3) is 0 Å². The fourth-order valence-corrected chi connectivity index (χ4v) is 2.16. The number of ether oxygens (including phenoxy) is 2. The number of rotatable bonds is 6. The van der Waals surface area contributed by atoms with E-state index in [1.54, 1.807) is 6.92 Å². The number of alkyl halides is 3. The highest BCUT2D eigenvalue weighted by atomic mass is 35.5. The minimum absolute atomic E-state index is 0.0697. The van der Waals surface area contributed by atoms with Crippen molar-refractivity contribution in [1.29, 1.82) is 0 Å². The summed E-state index contributed by atoms with van der Waals surface area (Å²) in [5.41, 5.74) is -0.868. The molecule has 134 valence electrons. The van der Waals surface area contributed by atoms with Crippen LogP contribution in [-0.4, -0.2) is 17.2 Å². The highest BCUT2D eigenvalue weighted by Crippen LogP contribution is 2.36. The van der Waals surface area contributed by atoms with Gasteiger partial charge in [0.2, 0.25) is 0 Å². The maximum absolute atomic E-state index is 12.6. The summed E-state index contributed by atoms with van der Waals surface area (Å²) in [4.78, 5) is 10.9. The number of hydrogen-bond acceptors (Lipinski definition) is 3. The minimum Gasteiger partial charge on any atom is -0.479 e.